The largest absolute Gasteiger partial charge is 0.375 e. The van der Waals surface area contributed by atoms with E-state index in [4.69, 9.17) is 11.6 Å². The third-order valence-corrected chi connectivity index (χ3v) is 1.79. The summed E-state index contributed by atoms with van der Waals surface area (Å²) in [4.78, 5) is 18.7. The van der Waals surface area contributed by atoms with Crippen LogP contribution in [0.2, 0.25) is 5.28 Å². The molecule has 1 rings (SSSR count). The molecule has 94 valence electrons. The van der Waals surface area contributed by atoms with Gasteiger partial charge in [0.15, 0.2) is 0 Å². The summed E-state index contributed by atoms with van der Waals surface area (Å²) in [6, 6.07) is 1.46. The molecular formula is C9H10ClF2N3O2. The minimum Gasteiger partial charge on any atom is -0.375 e. The number of ether oxygens (including phenoxy) is 1. The minimum absolute atomic E-state index is 0.0109. The summed E-state index contributed by atoms with van der Waals surface area (Å²) in [5.74, 6) is -0.141. The normalized spacial score (nSPS) is 10.6. The number of nitrogens with zero attached hydrogens (tertiary/aromatic N) is 2. The Balaban J connectivity index is 2.25. The molecule has 0 saturated carbocycles. The number of rotatable bonds is 6. The first-order valence-corrected chi connectivity index (χ1v) is 5.10. The second kappa shape index (κ2) is 7.08. The van der Waals surface area contributed by atoms with Gasteiger partial charge in [0.2, 0.25) is 11.2 Å². The summed E-state index contributed by atoms with van der Waals surface area (Å²) in [7, 11) is 0. The van der Waals surface area contributed by atoms with Gasteiger partial charge in [-0.2, -0.15) is 0 Å². The van der Waals surface area contributed by atoms with Gasteiger partial charge in [0.1, 0.15) is 12.4 Å². The smallest absolute Gasteiger partial charge is 0.261 e. The Morgan fingerprint density at radius 3 is 3.00 bits per heavy atom. The quantitative estimate of drug-likeness (QED) is 0.629. The van der Waals surface area contributed by atoms with Crippen molar-refractivity contribution in [3.05, 3.63) is 17.5 Å². The highest BCUT2D eigenvalue weighted by atomic mass is 35.5. The fraction of sp³-hybridized carbons (Fsp3) is 0.444. The maximum atomic E-state index is 11.7. The van der Waals surface area contributed by atoms with Gasteiger partial charge in [-0.15, -0.1) is 0 Å². The van der Waals surface area contributed by atoms with E-state index in [0.29, 0.717) is 0 Å². The lowest BCUT2D eigenvalue weighted by Gasteiger charge is -2.05. The van der Waals surface area contributed by atoms with Crippen molar-refractivity contribution >= 4 is 23.3 Å². The van der Waals surface area contributed by atoms with Crippen LogP contribution in [-0.4, -0.2) is 35.5 Å². The molecule has 0 saturated heterocycles. The molecule has 0 aliphatic carbocycles. The molecular weight excluding hydrogens is 256 g/mol. The molecule has 8 heteroatoms. The van der Waals surface area contributed by atoms with Crippen molar-refractivity contribution < 1.29 is 18.3 Å². The SMILES string of the molecule is O=C(CCOCC(F)F)Nc1ccnc(Cl)n1. The van der Waals surface area contributed by atoms with Gasteiger partial charge in [0.25, 0.3) is 6.43 Å². The number of halogens is 3. The van der Waals surface area contributed by atoms with Crippen LogP contribution in [0.15, 0.2) is 12.3 Å². The van der Waals surface area contributed by atoms with Crippen molar-refractivity contribution in [3.8, 4) is 0 Å². The molecule has 0 bridgehead atoms. The van der Waals surface area contributed by atoms with Crippen molar-refractivity contribution in [2.75, 3.05) is 18.5 Å². The van der Waals surface area contributed by atoms with E-state index < -0.39 is 18.9 Å². The van der Waals surface area contributed by atoms with Gasteiger partial charge in [-0.3, -0.25) is 4.79 Å². The van der Waals surface area contributed by atoms with E-state index in [1.165, 1.54) is 12.3 Å². The highest BCUT2D eigenvalue weighted by Gasteiger charge is 2.06. The molecule has 1 heterocycles. The van der Waals surface area contributed by atoms with Crippen LogP contribution in [0.1, 0.15) is 6.42 Å². The molecule has 0 unspecified atom stereocenters. The third-order valence-electron chi connectivity index (χ3n) is 1.61. The Morgan fingerprint density at radius 2 is 2.35 bits per heavy atom. The first kappa shape index (κ1) is 13.7. The second-order valence-electron chi connectivity index (χ2n) is 2.98. The van der Waals surface area contributed by atoms with Gasteiger partial charge < -0.3 is 10.1 Å². The van der Waals surface area contributed by atoms with Gasteiger partial charge in [-0.25, -0.2) is 18.7 Å². The molecule has 1 aromatic heterocycles. The van der Waals surface area contributed by atoms with Crippen LogP contribution in [-0.2, 0) is 9.53 Å². The third kappa shape index (κ3) is 6.08. The maximum Gasteiger partial charge on any atom is 0.261 e. The number of hydrogen-bond donors (Lipinski definition) is 1. The van der Waals surface area contributed by atoms with Crippen LogP contribution in [0.5, 0.6) is 0 Å². The van der Waals surface area contributed by atoms with Gasteiger partial charge >= 0.3 is 0 Å². The standard InChI is InChI=1S/C9H10ClF2N3O2/c10-9-13-3-1-7(15-9)14-8(16)2-4-17-5-6(11)12/h1,3,6H,2,4-5H2,(H,13,14,15,16). The molecule has 0 aliphatic heterocycles. The summed E-state index contributed by atoms with van der Waals surface area (Å²) in [5, 5.41) is 2.44. The average Bonchev–Trinajstić information content (AvgIpc) is 2.24. The molecule has 0 atom stereocenters. The van der Waals surface area contributed by atoms with Crippen molar-refractivity contribution in [1.82, 2.24) is 9.97 Å². The molecule has 0 spiro atoms. The van der Waals surface area contributed by atoms with Crippen LogP contribution in [0, 0.1) is 0 Å². The molecule has 0 fully saturated rings. The van der Waals surface area contributed by atoms with E-state index in [1.54, 1.807) is 0 Å². The van der Waals surface area contributed by atoms with Crippen molar-refractivity contribution in [1.29, 1.82) is 0 Å². The molecule has 1 N–H and O–H groups in total. The summed E-state index contributed by atoms with van der Waals surface area (Å²) in [6.45, 7) is -0.748. The van der Waals surface area contributed by atoms with Crippen molar-refractivity contribution in [2.24, 2.45) is 0 Å². The second-order valence-corrected chi connectivity index (χ2v) is 3.31. The number of hydrogen-bond acceptors (Lipinski definition) is 4. The number of anilines is 1. The van der Waals surface area contributed by atoms with Gasteiger partial charge in [0.05, 0.1) is 13.0 Å². The molecule has 5 nitrogen and oxygen atoms in total. The van der Waals surface area contributed by atoms with Crippen molar-refractivity contribution in [2.45, 2.75) is 12.8 Å². The van der Waals surface area contributed by atoms with E-state index in [9.17, 15) is 13.6 Å². The summed E-state index contributed by atoms with van der Waals surface area (Å²) in [5.41, 5.74) is 0. The molecule has 1 aromatic rings. The fourth-order valence-corrected chi connectivity index (χ4v) is 1.09. The zero-order valence-corrected chi connectivity index (χ0v) is 9.45. The van der Waals surface area contributed by atoms with E-state index in [2.05, 4.69) is 20.0 Å². The Morgan fingerprint density at radius 1 is 1.59 bits per heavy atom. The van der Waals surface area contributed by atoms with Crippen LogP contribution < -0.4 is 5.32 Å². The van der Waals surface area contributed by atoms with Gasteiger partial charge in [-0.05, 0) is 17.7 Å². The number of carbonyl (C=O) groups is 1. The topological polar surface area (TPSA) is 64.1 Å². The number of nitrogens with one attached hydrogen (secondary N) is 1. The fourth-order valence-electron chi connectivity index (χ4n) is 0.947. The lowest BCUT2D eigenvalue weighted by atomic mass is 10.4. The Kier molecular flexibility index (Phi) is 5.71. The monoisotopic (exact) mass is 265 g/mol. The van der Waals surface area contributed by atoms with E-state index in [1.807, 2.05) is 0 Å². The Labute approximate surface area is 101 Å². The first-order valence-electron chi connectivity index (χ1n) is 4.72. The number of aromatic nitrogens is 2. The predicted molar refractivity (Wildman–Crippen MR) is 57.1 cm³/mol. The number of alkyl halides is 2. The molecule has 1 amide bonds. The average molecular weight is 266 g/mol. The zero-order chi connectivity index (χ0) is 12.7. The Hall–Kier alpha value is -1.34. The molecule has 0 aliphatic rings. The zero-order valence-electron chi connectivity index (χ0n) is 8.70. The summed E-state index contributed by atoms with van der Waals surface area (Å²) < 4.78 is 27.9. The summed E-state index contributed by atoms with van der Waals surface area (Å²) >= 11 is 5.51. The van der Waals surface area contributed by atoms with Crippen LogP contribution in [0.3, 0.4) is 0 Å². The lowest BCUT2D eigenvalue weighted by Crippen LogP contribution is -2.16. The van der Waals surface area contributed by atoms with Gasteiger partial charge in [0, 0.05) is 6.20 Å². The minimum atomic E-state index is -2.53. The predicted octanol–water partition coefficient (Wildman–Crippen LogP) is 1.74. The van der Waals surface area contributed by atoms with Gasteiger partial charge in [-0.1, -0.05) is 0 Å². The number of carbonyl (C=O) groups excluding carboxylic acids is 1. The number of amides is 1. The van der Waals surface area contributed by atoms with Crippen LogP contribution >= 0.6 is 11.6 Å². The summed E-state index contributed by atoms with van der Waals surface area (Å²) in [6.07, 6.45) is -1.18. The van der Waals surface area contributed by atoms with Crippen molar-refractivity contribution in [3.63, 3.8) is 0 Å². The Bertz CT molecular complexity index is 379. The first-order chi connectivity index (χ1) is 8.08. The van der Waals surface area contributed by atoms with E-state index in [-0.39, 0.29) is 24.1 Å². The van der Waals surface area contributed by atoms with E-state index in [0.717, 1.165) is 0 Å². The highest BCUT2D eigenvalue weighted by molar-refractivity contribution is 6.28. The highest BCUT2D eigenvalue weighted by Crippen LogP contribution is 2.06. The molecule has 17 heavy (non-hydrogen) atoms. The molecule has 0 radical (unpaired) electrons. The molecule has 0 aromatic carbocycles. The van der Waals surface area contributed by atoms with Crippen LogP contribution in [0.4, 0.5) is 14.6 Å². The lowest BCUT2D eigenvalue weighted by molar-refractivity contribution is -0.117. The van der Waals surface area contributed by atoms with Crippen LogP contribution in [0.25, 0.3) is 0 Å². The maximum absolute atomic E-state index is 11.7. The van der Waals surface area contributed by atoms with E-state index >= 15 is 0 Å².